The molecule has 2 aromatic heterocycles. The molecule has 0 spiro atoms. The van der Waals surface area contributed by atoms with Crippen LogP contribution < -0.4 is 60.0 Å². The number of nitrogens with one attached hydrogen (secondary N) is 8. The zero-order valence-corrected chi connectivity index (χ0v) is 38.9. The number of nitrogens with zero attached hydrogens (tertiary/aromatic N) is 4. The van der Waals surface area contributed by atoms with E-state index >= 15 is 0 Å². The number of anilines is 2. The Balaban J connectivity index is 1.82. The third-order valence-corrected chi connectivity index (χ3v) is 10.2. The molecular weight excluding hydrogens is 995 g/mol. The highest BCUT2D eigenvalue weighted by atomic mass is 32.1. The number of nitrogen functional groups attached to an aromatic ring is 1. The van der Waals surface area contributed by atoms with Crippen LogP contribution in [0.2, 0.25) is 0 Å². The van der Waals surface area contributed by atoms with Gasteiger partial charge in [0.05, 0.1) is 37.7 Å². The number of H-pyrrole nitrogens is 1. The quantitative estimate of drug-likeness (QED) is 0.0128. The Kier molecular flexibility index (Phi) is 22.2. The number of fused-ring (bicyclic) bond motifs is 1. The van der Waals surface area contributed by atoms with Crippen LogP contribution in [0.3, 0.4) is 0 Å². The van der Waals surface area contributed by atoms with E-state index in [1.165, 1.54) is 30.5 Å². The van der Waals surface area contributed by atoms with Crippen LogP contribution >= 0.6 is 12.6 Å². The lowest BCUT2D eigenvalue weighted by atomic mass is 10.1. The summed E-state index contributed by atoms with van der Waals surface area (Å²) in [7, 11) is 0. The summed E-state index contributed by atoms with van der Waals surface area (Å²) in [4.78, 5) is 170. The highest BCUT2D eigenvalue weighted by molar-refractivity contribution is 7.80. The maximum Gasteiger partial charge on any atom is 0.327 e. The highest BCUT2D eigenvalue weighted by Crippen LogP contribution is 2.13. The molecule has 0 saturated carbocycles. The molecule has 33 heteroatoms. The van der Waals surface area contributed by atoms with Crippen LogP contribution in [-0.2, 0) is 54.5 Å². The molecule has 6 amide bonds. The molecule has 2 heterocycles. The standard InChI is InChI=1S/C40H51N15O17S/c41-39(42)44-9-1-2-19(32(65)50-22(11-27(60)61)35(68)52-23(12-28(62)63)36(69)53-24(15-73)38(71)72)49-34(67)21(10-26(58)59)51-33(66)20(7-8-25(56)57)48-31(64)16-3-5-17(6-4-16)45-13-18-14-46-30-29(47-18)37(70)55-40(43)54-30/h3-6,14,19-24,45,73H,1-2,7-13,15H2,(H,48,64)(H,49,67)(H,50,65)(H,51,66)(H,52,68)(H,53,69)(H,56,57)(H,58,59)(H,60,61)(H,62,63)(H,71,72)(H4,41,42,44)(H3,43,46,54,55,70)/t19?,20-,21-,22-,23-,24-/m0/s1. The Morgan fingerprint density at radius 1 is 0.644 bits per heavy atom. The van der Waals surface area contributed by atoms with Crippen molar-refractivity contribution in [3.63, 3.8) is 0 Å². The summed E-state index contributed by atoms with van der Waals surface area (Å²) in [5.41, 5.74) is 16.3. The average Bonchev–Trinajstić information content (AvgIpc) is 3.30. The van der Waals surface area contributed by atoms with Crippen molar-refractivity contribution in [2.45, 2.75) is 87.7 Å². The van der Waals surface area contributed by atoms with Gasteiger partial charge in [0.15, 0.2) is 17.1 Å². The summed E-state index contributed by atoms with van der Waals surface area (Å²) >= 11 is 3.79. The van der Waals surface area contributed by atoms with Gasteiger partial charge in [-0.05, 0) is 43.5 Å². The van der Waals surface area contributed by atoms with Crippen LogP contribution in [-0.4, -0.2) is 165 Å². The van der Waals surface area contributed by atoms with Crippen molar-refractivity contribution in [2.75, 3.05) is 23.3 Å². The third kappa shape index (κ3) is 19.6. The molecule has 0 aliphatic carbocycles. The van der Waals surface area contributed by atoms with Crippen molar-refractivity contribution in [3.8, 4) is 0 Å². The molecule has 1 unspecified atom stereocenters. The average molecular weight is 1050 g/mol. The van der Waals surface area contributed by atoms with Crippen molar-refractivity contribution in [3.05, 3.63) is 52.1 Å². The molecule has 0 saturated heterocycles. The van der Waals surface area contributed by atoms with Crippen molar-refractivity contribution in [1.82, 2.24) is 51.8 Å². The molecule has 73 heavy (non-hydrogen) atoms. The monoisotopic (exact) mass is 1050 g/mol. The molecule has 0 aliphatic heterocycles. The molecular formula is C40H51N15O17S. The van der Waals surface area contributed by atoms with Gasteiger partial charge in [-0.3, -0.25) is 62.7 Å². The van der Waals surface area contributed by atoms with Crippen molar-refractivity contribution in [2.24, 2.45) is 16.5 Å². The minimum absolute atomic E-state index is 0.0255. The maximum absolute atomic E-state index is 13.8. The maximum atomic E-state index is 13.8. The zero-order chi connectivity index (χ0) is 54.5. The topological polar surface area (TPSA) is 535 Å². The molecule has 3 rings (SSSR count). The van der Waals surface area contributed by atoms with E-state index in [0.29, 0.717) is 11.4 Å². The molecule has 0 aliphatic rings. The van der Waals surface area contributed by atoms with E-state index in [2.05, 4.69) is 64.1 Å². The Bertz CT molecular complexity index is 2670. The first-order chi connectivity index (χ1) is 34.4. The number of aliphatic imine (C=N–C) groups is 1. The van der Waals surface area contributed by atoms with Gasteiger partial charge in [-0.15, -0.1) is 0 Å². The van der Waals surface area contributed by atoms with Gasteiger partial charge in [-0.25, -0.2) is 14.8 Å². The predicted octanol–water partition coefficient (Wildman–Crippen LogP) is -5.21. The van der Waals surface area contributed by atoms with Gasteiger partial charge >= 0.3 is 29.8 Å². The molecule has 394 valence electrons. The number of amides is 6. The first kappa shape index (κ1) is 58.1. The number of rotatable bonds is 30. The van der Waals surface area contributed by atoms with Crippen LogP contribution in [0.5, 0.6) is 0 Å². The van der Waals surface area contributed by atoms with E-state index in [1.54, 1.807) is 0 Å². The molecule has 19 N–H and O–H groups in total. The summed E-state index contributed by atoms with van der Waals surface area (Å²) in [6.07, 6.45) is -4.04. The Morgan fingerprint density at radius 2 is 1.12 bits per heavy atom. The number of carbonyl (C=O) groups excluding carboxylic acids is 6. The fourth-order valence-corrected chi connectivity index (χ4v) is 6.49. The normalized spacial score (nSPS) is 13.2. The van der Waals surface area contributed by atoms with Crippen LogP contribution in [0.4, 0.5) is 11.6 Å². The van der Waals surface area contributed by atoms with E-state index in [0.717, 1.165) is 0 Å². The van der Waals surface area contributed by atoms with E-state index in [-0.39, 0.29) is 48.1 Å². The van der Waals surface area contributed by atoms with Gasteiger partial charge in [0.25, 0.3) is 11.5 Å². The van der Waals surface area contributed by atoms with Crippen LogP contribution in [0.15, 0.2) is 40.2 Å². The number of carboxylic acid groups (broad SMARTS) is 5. The lowest BCUT2D eigenvalue weighted by molar-refractivity contribution is -0.144. The second-order valence-corrected chi connectivity index (χ2v) is 15.8. The number of aliphatic carboxylic acids is 5. The minimum atomic E-state index is -2.12. The number of carboxylic acids is 5. The van der Waals surface area contributed by atoms with Gasteiger partial charge in [-0.1, -0.05) is 0 Å². The number of hydrogen-bond acceptors (Lipinski definition) is 19. The van der Waals surface area contributed by atoms with Crippen LogP contribution in [0.25, 0.3) is 11.2 Å². The fourth-order valence-electron chi connectivity index (χ4n) is 6.24. The van der Waals surface area contributed by atoms with E-state index < -0.39 is 151 Å². The Hall–Kier alpha value is -9.17. The number of aromatic nitrogens is 4. The first-order valence-electron chi connectivity index (χ1n) is 21.3. The number of guanidine groups is 1. The second kappa shape index (κ2) is 27.9. The summed E-state index contributed by atoms with van der Waals surface area (Å²) in [6, 6.07) is -5.84. The van der Waals surface area contributed by atoms with Crippen LogP contribution in [0.1, 0.15) is 61.0 Å². The van der Waals surface area contributed by atoms with Crippen LogP contribution in [0, 0.1) is 0 Å². The second-order valence-electron chi connectivity index (χ2n) is 15.4. The largest absolute Gasteiger partial charge is 0.481 e. The van der Waals surface area contributed by atoms with Gasteiger partial charge in [0, 0.05) is 30.0 Å². The summed E-state index contributed by atoms with van der Waals surface area (Å²) < 4.78 is 0. The molecule has 32 nitrogen and oxygen atoms in total. The lowest BCUT2D eigenvalue weighted by Gasteiger charge is -2.26. The van der Waals surface area contributed by atoms with Gasteiger partial charge in [0.1, 0.15) is 36.3 Å². The fraction of sp³-hybridized carbons (Fsp3) is 0.400. The Morgan fingerprint density at radius 3 is 1.59 bits per heavy atom. The zero-order valence-electron chi connectivity index (χ0n) is 38.0. The summed E-state index contributed by atoms with van der Waals surface area (Å²) in [5, 5.41) is 62.9. The van der Waals surface area contributed by atoms with Crippen molar-refractivity contribution in [1.29, 1.82) is 0 Å². The number of aromatic amines is 1. The number of benzene rings is 1. The third-order valence-electron chi connectivity index (χ3n) is 9.79. The van der Waals surface area contributed by atoms with Gasteiger partial charge < -0.3 is 80.0 Å². The Labute approximate surface area is 415 Å². The molecule has 0 radical (unpaired) electrons. The van der Waals surface area contributed by atoms with Crippen molar-refractivity contribution >= 4 is 107 Å². The lowest BCUT2D eigenvalue weighted by Crippen LogP contribution is -2.60. The number of carbonyl (C=O) groups is 11. The van der Waals surface area contributed by atoms with Gasteiger partial charge in [-0.2, -0.15) is 17.6 Å². The van der Waals surface area contributed by atoms with E-state index in [9.17, 15) is 83.1 Å². The molecule has 0 fully saturated rings. The SMILES string of the molecule is NC(N)=NCCCC(NC(=O)[C@H](CC(=O)O)NC(=O)[C@H](CCC(=O)O)NC(=O)c1ccc(NCc2cnc3nc(N)[nH]c(=O)c3n2)cc1)C(=O)N[C@@H](CC(=O)O)C(=O)N[C@@H](CC(=O)O)C(=O)N[C@@H](CS)C(=O)O. The number of nitrogens with two attached hydrogens (primary N) is 3. The molecule has 6 atom stereocenters. The highest BCUT2D eigenvalue weighted by Gasteiger charge is 2.35. The molecule has 1 aromatic carbocycles. The van der Waals surface area contributed by atoms with E-state index in [1.807, 2.05) is 10.6 Å². The summed E-state index contributed by atoms with van der Waals surface area (Å²) in [5.74, 6) is -16.7. The molecule has 3 aromatic rings. The molecule has 0 bridgehead atoms. The number of thiol groups is 1. The van der Waals surface area contributed by atoms with Gasteiger partial charge in [0.2, 0.25) is 35.5 Å². The van der Waals surface area contributed by atoms with E-state index in [4.69, 9.17) is 17.2 Å². The van der Waals surface area contributed by atoms with Crippen molar-refractivity contribution < 1.29 is 78.3 Å². The first-order valence-corrected chi connectivity index (χ1v) is 21.9. The summed E-state index contributed by atoms with van der Waals surface area (Å²) in [6.45, 7) is -0.129. The predicted molar refractivity (Wildman–Crippen MR) is 252 cm³/mol. The smallest absolute Gasteiger partial charge is 0.327 e. The number of hydrogen-bond donors (Lipinski definition) is 17. The minimum Gasteiger partial charge on any atom is -0.481 e.